The van der Waals surface area contributed by atoms with E-state index < -0.39 is 11.7 Å². The highest BCUT2D eigenvalue weighted by Crippen LogP contribution is 2.21. The molecule has 138 valence electrons. The minimum atomic E-state index is -0.586. The lowest BCUT2D eigenvalue weighted by molar-refractivity contribution is -0.112. The molecule has 0 bridgehead atoms. The van der Waals surface area contributed by atoms with Gasteiger partial charge in [-0.1, -0.05) is 23.7 Å². The molecule has 3 rings (SSSR count). The van der Waals surface area contributed by atoms with Crippen LogP contribution < -0.4 is 10.2 Å². The number of carbonyl (C=O) groups excluding carboxylic acids is 1. The van der Waals surface area contributed by atoms with E-state index in [1.54, 1.807) is 0 Å². The number of rotatable bonds is 4. The van der Waals surface area contributed by atoms with E-state index in [0.717, 1.165) is 30.4 Å². The first kappa shape index (κ1) is 18.9. The Labute approximate surface area is 161 Å². The third-order valence-electron chi connectivity index (χ3n) is 4.12. The summed E-state index contributed by atoms with van der Waals surface area (Å²) in [5, 5.41) is 11.7. The van der Waals surface area contributed by atoms with Crippen molar-refractivity contribution in [1.82, 2.24) is 0 Å². The van der Waals surface area contributed by atoms with E-state index in [1.807, 2.05) is 30.3 Å². The Bertz CT molecular complexity index is 900. The van der Waals surface area contributed by atoms with Gasteiger partial charge in [-0.3, -0.25) is 4.79 Å². The largest absolute Gasteiger partial charge is 0.378 e. The molecule has 2 aromatic carbocycles. The van der Waals surface area contributed by atoms with Crippen molar-refractivity contribution < 1.29 is 13.9 Å². The zero-order valence-corrected chi connectivity index (χ0v) is 15.2. The van der Waals surface area contributed by atoms with Crippen molar-refractivity contribution in [3.63, 3.8) is 0 Å². The quantitative estimate of drug-likeness (QED) is 0.641. The zero-order chi connectivity index (χ0) is 19.2. The van der Waals surface area contributed by atoms with Crippen LogP contribution in [-0.2, 0) is 9.53 Å². The van der Waals surface area contributed by atoms with Gasteiger partial charge >= 0.3 is 0 Å². The summed E-state index contributed by atoms with van der Waals surface area (Å²) >= 11 is 5.70. The maximum atomic E-state index is 13.2. The molecule has 1 aliphatic heterocycles. The van der Waals surface area contributed by atoms with Gasteiger partial charge in [0, 0.05) is 24.5 Å². The van der Waals surface area contributed by atoms with Crippen LogP contribution in [0.1, 0.15) is 5.56 Å². The summed E-state index contributed by atoms with van der Waals surface area (Å²) in [6.07, 6.45) is 1.50. The molecule has 2 aromatic rings. The lowest BCUT2D eigenvalue weighted by atomic mass is 10.1. The van der Waals surface area contributed by atoms with Gasteiger partial charge in [-0.25, -0.2) is 4.39 Å². The second-order valence-electron chi connectivity index (χ2n) is 5.94. The van der Waals surface area contributed by atoms with Gasteiger partial charge in [0.05, 0.1) is 18.2 Å². The fraction of sp³-hybridized carbons (Fsp3) is 0.200. The van der Waals surface area contributed by atoms with Crippen molar-refractivity contribution in [1.29, 1.82) is 5.26 Å². The molecule has 5 nitrogen and oxygen atoms in total. The Morgan fingerprint density at radius 1 is 1.22 bits per heavy atom. The maximum absolute atomic E-state index is 13.2. The Kier molecular flexibility index (Phi) is 6.07. The normalized spacial score (nSPS) is 14.6. The van der Waals surface area contributed by atoms with Crippen LogP contribution in [0, 0.1) is 17.1 Å². The van der Waals surface area contributed by atoms with Crippen LogP contribution in [0.2, 0.25) is 5.02 Å². The van der Waals surface area contributed by atoms with Crippen LogP contribution >= 0.6 is 11.6 Å². The number of halogens is 2. The summed E-state index contributed by atoms with van der Waals surface area (Å²) < 4.78 is 18.5. The standard InChI is InChI=1S/C20H17ClFN3O2/c21-18-12-16(3-6-19(18)22)24-20(26)15(13-23)11-14-1-4-17(5-2-14)25-7-9-27-10-8-25/h1-6,11-12H,7-10H2,(H,24,26)/b15-11+. The van der Waals surface area contributed by atoms with Crippen LogP contribution in [0.5, 0.6) is 0 Å². The number of ether oxygens (including phenoxy) is 1. The summed E-state index contributed by atoms with van der Waals surface area (Å²) in [5.74, 6) is -1.16. The number of nitriles is 1. The summed E-state index contributed by atoms with van der Waals surface area (Å²) in [5.41, 5.74) is 2.06. The number of anilines is 2. The summed E-state index contributed by atoms with van der Waals surface area (Å²) in [4.78, 5) is 14.5. The summed E-state index contributed by atoms with van der Waals surface area (Å²) in [6, 6.07) is 13.3. The summed E-state index contributed by atoms with van der Waals surface area (Å²) in [7, 11) is 0. The van der Waals surface area contributed by atoms with Crippen molar-refractivity contribution >= 4 is 35.0 Å². The predicted octanol–water partition coefficient (Wildman–Crippen LogP) is 3.86. The Hall–Kier alpha value is -2.88. The lowest BCUT2D eigenvalue weighted by Crippen LogP contribution is -2.36. The van der Waals surface area contributed by atoms with Crippen LogP contribution in [0.15, 0.2) is 48.0 Å². The van der Waals surface area contributed by atoms with Gasteiger partial charge in [0.1, 0.15) is 17.5 Å². The molecule has 0 unspecified atom stereocenters. The Balaban J connectivity index is 1.72. The summed E-state index contributed by atoms with van der Waals surface area (Å²) in [6.45, 7) is 3.07. The van der Waals surface area contributed by atoms with E-state index in [1.165, 1.54) is 18.2 Å². The zero-order valence-electron chi connectivity index (χ0n) is 14.4. The molecule has 1 fully saturated rings. The molecule has 0 aromatic heterocycles. The second-order valence-corrected chi connectivity index (χ2v) is 6.35. The van der Waals surface area contributed by atoms with Gasteiger partial charge in [0.15, 0.2) is 0 Å². The molecule has 27 heavy (non-hydrogen) atoms. The monoisotopic (exact) mass is 385 g/mol. The first-order chi connectivity index (χ1) is 13.1. The molecule has 0 radical (unpaired) electrons. The molecule has 1 amide bonds. The van der Waals surface area contributed by atoms with Gasteiger partial charge in [0.25, 0.3) is 5.91 Å². The van der Waals surface area contributed by atoms with Crippen LogP contribution in [-0.4, -0.2) is 32.2 Å². The number of nitrogens with zero attached hydrogens (tertiary/aromatic N) is 2. The fourth-order valence-corrected chi connectivity index (χ4v) is 2.87. The second kappa shape index (κ2) is 8.67. The molecule has 1 aliphatic rings. The van der Waals surface area contributed by atoms with Crippen LogP contribution in [0.25, 0.3) is 6.08 Å². The predicted molar refractivity (Wildman–Crippen MR) is 103 cm³/mol. The number of benzene rings is 2. The van der Waals surface area contributed by atoms with Crippen LogP contribution in [0.3, 0.4) is 0 Å². The SMILES string of the molecule is N#C/C(=C\c1ccc(N2CCOCC2)cc1)C(=O)Nc1ccc(F)c(Cl)c1. The lowest BCUT2D eigenvalue weighted by Gasteiger charge is -2.28. The van der Waals surface area contributed by atoms with E-state index in [4.69, 9.17) is 16.3 Å². The molecule has 1 N–H and O–H groups in total. The van der Waals surface area contributed by atoms with E-state index in [2.05, 4.69) is 10.2 Å². The maximum Gasteiger partial charge on any atom is 0.266 e. The van der Waals surface area contributed by atoms with Gasteiger partial charge < -0.3 is 15.0 Å². The van der Waals surface area contributed by atoms with Crippen molar-refractivity contribution in [2.24, 2.45) is 0 Å². The van der Waals surface area contributed by atoms with Crippen molar-refractivity contribution in [3.05, 3.63) is 64.4 Å². The number of hydrogen-bond donors (Lipinski definition) is 1. The molecule has 1 saturated heterocycles. The molecule has 0 aliphatic carbocycles. The van der Waals surface area contributed by atoms with E-state index in [-0.39, 0.29) is 10.6 Å². The Morgan fingerprint density at radius 2 is 1.93 bits per heavy atom. The van der Waals surface area contributed by atoms with E-state index in [0.29, 0.717) is 18.9 Å². The third-order valence-corrected chi connectivity index (χ3v) is 4.41. The number of carbonyl (C=O) groups is 1. The first-order valence-electron chi connectivity index (χ1n) is 8.38. The molecule has 1 heterocycles. The number of morpholine rings is 1. The average Bonchev–Trinajstić information content (AvgIpc) is 2.70. The van der Waals surface area contributed by atoms with Crippen molar-refractivity contribution in [2.75, 3.05) is 36.5 Å². The Morgan fingerprint density at radius 3 is 2.56 bits per heavy atom. The molecular weight excluding hydrogens is 369 g/mol. The molecule has 0 atom stereocenters. The van der Waals surface area contributed by atoms with E-state index in [9.17, 15) is 14.4 Å². The first-order valence-corrected chi connectivity index (χ1v) is 8.75. The van der Waals surface area contributed by atoms with Gasteiger partial charge in [0.2, 0.25) is 0 Å². The number of hydrogen-bond acceptors (Lipinski definition) is 4. The number of nitrogens with one attached hydrogen (secondary N) is 1. The van der Waals surface area contributed by atoms with Gasteiger partial charge in [-0.15, -0.1) is 0 Å². The smallest absolute Gasteiger partial charge is 0.266 e. The highest BCUT2D eigenvalue weighted by Gasteiger charge is 2.12. The minimum absolute atomic E-state index is 0.0606. The topological polar surface area (TPSA) is 65.4 Å². The molecular formula is C20H17ClFN3O2. The van der Waals surface area contributed by atoms with Crippen molar-refractivity contribution in [3.8, 4) is 6.07 Å². The van der Waals surface area contributed by atoms with E-state index >= 15 is 0 Å². The highest BCUT2D eigenvalue weighted by molar-refractivity contribution is 6.31. The molecule has 0 spiro atoms. The van der Waals surface area contributed by atoms with Gasteiger partial charge in [-0.05, 0) is 42.0 Å². The molecule has 7 heteroatoms. The van der Waals surface area contributed by atoms with Crippen molar-refractivity contribution in [2.45, 2.75) is 0 Å². The van der Waals surface area contributed by atoms with Gasteiger partial charge in [-0.2, -0.15) is 5.26 Å². The third kappa shape index (κ3) is 4.85. The average molecular weight is 386 g/mol. The fourth-order valence-electron chi connectivity index (χ4n) is 2.69. The molecule has 0 saturated carbocycles. The number of amides is 1. The minimum Gasteiger partial charge on any atom is -0.378 e. The van der Waals surface area contributed by atoms with Crippen LogP contribution in [0.4, 0.5) is 15.8 Å². The highest BCUT2D eigenvalue weighted by atomic mass is 35.5.